The predicted octanol–water partition coefficient (Wildman–Crippen LogP) is 4.29. The number of hydrogen-bond acceptors (Lipinski definition) is 3. The van der Waals surface area contributed by atoms with Crippen molar-refractivity contribution in [2.24, 2.45) is 0 Å². The minimum absolute atomic E-state index is 0.0434. The van der Waals surface area contributed by atoms with Gasteiger partial charge in [0.15, 0.2) is 5.78 Å². The number of ketones is 1. The first-order valence-corrected chi connectivity index (χ1v) is 6.86. The molecule has 1 aromatic heterocycles. The number of benzene rings is 1. The Kier molecular flexibility index (Phi) is 4.10. The molecule has 0 unspecified atom stereocenters. The van der Waals surface area contributed by atoms with Gasteiger partial charge in [-0.3, -0.25) is 4.79 Å². The van der Waals surface area contributed by atoms with Crippen molar-refractivity contribution in [3.8, 4) is 5.75 Å². The summed E-state index contributed by atoms with van der Waals surface area (Å²) in [5, 5.41) is 0. The lowest BCUT2D eigenvalue weighted by Crippen LogP contribution is -2.02. The molecule has 0 spiro atoms. The Bertz CT molecular complexity index is 614. The maximum Gasteiger partial charge on any atom is 0.196 e. The predicted molar refractivity (Wildman–Crippen MR) is 76.9 cm³/mol. The van der Waals surface area contributed by atoms with Crippen LogP contribution in [0.4, 0.5) is 0 Å². The van der Waals surface area contributed by atoms with Crippen LogP contribution < -0.4 is 4.74 Å². The fourth-order valence-corrected chi connectivity index (χ4v) is 2.42. The molecule has 0 bridgehead atoms. The molecule has 100 valence electrons. The summed E-state index contributed by atoms with van der Waals surface area (Å²) in [4.78, 5) is 12.4. The number of ether oxygens (including phenoxy) is 1. The Morgan fingerprint density at radius 1 is 1.32 bits per heavy atom. The Hall–Kier alpha value is -1.55. The van der Waals surface area contributed by atoms with Crippen molar-refractivity contribution in [3.05, 3.63) is 51.4 Å². The third-order valence-corrected chi connectivity index (χ3v) is 3.40. The SMILES string of the molecule is CCOc1ccc(C(=O)c2cc(C)oc2C)cc1Br. The lowest BCUT2D eigenvalue weighted by Gasteiger charge is -2.07. The van der Waals surface area contributed by atoms with Crippen molar-refractivity contribution < 1.29 is 13.9 Å². The van der Waals surface area contributed by atoms with Crippen molar-refractivity contribution in [1.82, 2.24) is 0 Å². The van der Waals surface area contributed by atoms with Gasteiger partial charge in [-0.25, -0.2) is 0 Å². The largest absolute Gasteiger partial charge is 0.493 e. The summed E-state index contributed by atoms with van der Waals surface area (Å²) in [6.45, 7) is 6.14. The maximum atomic E-state index is 12.4. The van der Waals surface area contributed by atoms with Gasteiger partial charge in [0.25, 0.3) is 0 Å². The van der Waals surface area contributed by atoms with E-state index in [0.29, 0.717) is 23.5 Å². The van der Waals surface area contributed by atoms with Gasteiger partial charge in [0.2, 0.25) is 0 Å². The fraction of sp³-hybridized carbons (Fsp3) is 0.267. The van der Waals surface area contributed by atoms with Gasteiger partial charge >= 0.3 is 0 Å². The molecule has 0 saturated carbocycles. The van der Waals surface area contributed by atoms with Crippen molar-refractivity contribution in [2.45, 2.75) is 20.8 Å². The van der Waals surface area contributed by atoms with E-state index in [1.54, 1.807) is 31.2 Å². The molecule has 1 aromatic carbocycles. The second kappa shape index (κ2) is 5.61. The van der Waals surface area contributed by atoms with Crippen LogP contribution in [-0.2, 0) is 0 Å². The number of carbonyl (C=O) groups excluding carboxylic acids is 1. The molecule has 2 aromatic rings. The van der Waals surface area contributed by atoms with E-state index in [2.05, 4.69) is 15.9 Å². The number of hydrogen-bond donors (Lipinski definition) is 0. The molecule has 4 heteroatoms. The Balaban J connectivity index is 2.34. The average Bonchev–Trinajstić information content (AvgIpc) is 2.70. The van der Waals surface area contributed by atoms with Crippen molar-refractivity contribution in [3.63, 3.8) is 0 Å². The summed E-state index contributed by atoms with van der Waals surface area (Å²) in [5.41, 5.74) is 1.22. The van der Waals surface area contributed by atoms with Gasteiger partial charge in [0.05, 0.1) is 16.6 Å². The topological polar surface area (TPSA) is 39.4 Å². The van der Waals surface area contributed by atoms with Gasteiger partial charge in [0.1, 0.15) is 17.3 Å². The van der Waals surface area contributed by atoms with E-state index in [4.69, 9.17) is 9.15 Å². The van der Waals surface area contributed by atoms with Crippen LogP contribution in [0.2, 0.25) is 0 Å². The van der Waals surface area contributed by atoms with E-state index in [1.807, 2.05) is 13.8 Å². The van der Waals surface area contributed by atoms with E-state index < -0.39 is 0 Å². The minimum atomic E-state index is -0.0434. The van der Waals surface area contributed by atoms with E-state index in [-0.39, 0.29) is 5.78 Å². The molecule has 0 radical (unpaired) electrons. The molecule has 0 amide bonds. The number of halogens is 1. The first-order valence-electron chi connectivity index (χ1n) is 6.07. The summed E-state index contributed by atoms with van der Waals surface area (Å²) in [6.07, 6.45) is 0. The second-order valence-electron chi connectivity index (χ2n) is 4.23. The molecule has 0 N–H and O–H groups in total. The Labute approximate surface area is 120 Å². The normalized spacial score (nSPS) is 10.5. The smallest absolute Gasteiger partial charge is 0.196 e. The van der Waals surface area contributed by atoms with Crippen molar-refractivity contribution >= 4 is 21.7 Å². The molecule has 19 heavy (non-hydrogen) atoms. The van der Waals surface area contributed by atoms with Crippen LogP contribution in [0.25, 0.3) is 0 Å². The van der Waals surface area contributed by atoms with Crippen LogP contribution in [0.15, 0.2) is 33.2 Å². The average molecular weight is 323 g/mol. The van der Waals surface area contributed by atoms with Gasteiger partial charge < -0.3 is 9.15 Å². The summed E-state index contributed by atoms with van der Waals surface area (Å²) < 4.78 is 11.6. The number of furan rings is 1. The Morgan fingerprint density at radius 2 is 2.05 bits per heavy atom. The molecule has 2 rings (SSSR count). The van der Waals surface area contributed by atoms with Gasteiger partial charge in [0, 0.05) is 5.56 Å². The number of aryl methyl sites for hydroxylation is 2. The summed E-state index contributed by atoms with van der Waals surface area (Å²) in [7, 11) is 0. The van der Waals surface area contributed by atoms with E-state index in [9.17, 15) is 4.79 Å². The lowest BCUT2D eigenvalue weighted by atomic mass is 10.0. The van der Waals surface area contributed by atoms with E-state index in [0.717, 1.165) is 16.0 Å². The monoisotopic (exact) mass is 322 g/mol. The molecule has 0 fully saturated rings. The quantitative estimate of drug-likeness (QED) is 0.788. The summed E-state index contributed by atoms with van der Waals surface area (Å²) in [5.74, 6) is 2.08. The van der Waals surface area contributed by atoms with Crippen molar-refractivity contribution in [1.29, 1.82) is 0 Å². The summed E-state index contributed by atoms with van der Waals surface area (Å²) in [6, 6.07) is 7.10. The van der Waals surface area contributed by atoms with Crippen LogP contribution in [-0.4, -0.2) is 12.4 Å². The van der Waals surface area contributed by atoms with Crippen LogP contribution in [0, 0.1) is 13.8 Å². The molecule has 0 aliphatic heterocycles. The highest BCUT2D eigenvalue weighted by Crippen LogP contribution is 2.28. The zero-order chi connectivity index (χ0) is 14.0. The van der Waals surface area contributed by atoms with Crippen LogP contribution in [0.3, 0.4) is 0 Å². The van der Waals surface area contributed by atoms with Crippen LogP contribution >= 0.6 is 15.9 Å². The van der Waals surface area contributed by atoms with Gasteiger partial charge in [-0.2, -0.15) is 0 Å². The minimum Gasteiger partial charge on any atom is -0.493 e. The number of rotatable bonds is 4. The standard InChI is InChI=1S/C15H15BrO3/c1-4-18-14-6-5-11(8-13(14)16)15(17)12-7-9(2)19-10(12)3/h5-8H,4H2,1-3H3. The highest BCUT2D eigenvalue weighted by Gasteiger charge is 2.16. The second-order valence-corrected chi connectivity index (χ2v) is 5.09. The van der Waals surface area contributed by atoms with Crippen molar-refractivity contribution in [2.75, 3.05) is 6.61 Å². The zero-order valence-corrected chi connectivity index (χ0v) is 12.7. The molecule has 1 heterocycles. The highest BCUT2D eigenvalue weighted by molar-refractivity contribution is 9.10. The van der Waals surface area contributed by atoms with Gasteiger partial charge in [-0.05, 0) is 61.0 Å². The van der Waals surface area contributed by atoms with Gasteiger partial charge in [-0.15, -0.1) is 0 Å². The third kappa shape index (κ3) is 2.89. The molecule has 0 saturated heterocycles. The Morgan fingerprint density at radius 3 is 2.58 bits per heavy atom. The first kappa shape index (κ1) is 13.9. The molecule has 0 aliphatic rings. The van der Waals surface area contributed by atoms with Crippen LogP contribution in [0.1, 0.15) is 34.4 Å². The van der Waals surface area contributed by atoms with E-state index >= 15 is 0 Å². The lowest BCUT2D eigenvalue weighted by molar-refractivity contribution is 0.103. The van der Waals surface area contributed by atoms with Gasteiger partial charge in [-0.1, -0.05) is 0 Å². The molecular formula is C15H15BrO3. The number of carbonyl (C=O) groups is 1. The summed E-state index contributed by atoms with van der Waals surface area (Å²) >= 11 is 3.41. The zero-order valence-electron chi connectivity index (χ0n) is 11.1. The molecular weight excluding hydrogens is 308 g/mol. The first-order chi connectivity index (χ1) is 9.02. The van der Waals surface area contributed by atoms with E-state index in [1.165, 1.54) is 0 Å². The van der Waals surface area contributed by atoms with Crippen LogP contribution in [0.5, 0.6) is 5.75 Å². The third-order valence-electron chi connectivity index (χ3n) is 2.78. The molecule has 0 aliphatic carbocycles. The highest BCUT2D eigenvalue weighted by atomic mass is 79.9. The molecule has 0 atom stereocenters. The maximum absolute atomic E-state index is 12.4. The fourth-order valence-electron chi connectivity index (χ4n) is 1.93. The molecule has 3 nitrogen and oxygen atoms in total.